The molecule has 3 unspecified atom stereocenters. The zero-order chi connectivity index (χ0) is 19.4. The van der Waals surface area contributed by atoms with Crippen LogP contribution in [0.25, 0.3) is 0 Å². The monoisotopic (exact) mass is 367 g/mol. The van der Waals surface area contributed by atoms with Crippen LogP contribution in [0.15, 0.2) is 60.7 Å². The molecular formula is C20H21N3O4. The average Bonchev–Trinajstić information content (AvgIpc) is 3.10. The number of hydrogen-bond acceptors (Lipinski definition) is 4. The van der Waals surface area contributed by atoms with E-state index in [9.17, 15) is 14.4 Å². The number of urea groups is 1. The van der Waals surface area contributed by atoms with Gasteiger partial charge in [0, 0.05) is 5.69 Å². The van der Waals surface area contributed by atoms with E-state index in [0.717, 1.165) is 5.56 Å². The lowest BCUT2D eigenvalue weighted by Crippen LogP contribution is -2.46. The van der Waals surface area contributed by atoms with Gasteiger partial charge in [-0.25, -0.2) is 4.79 Å². The van der Waals surface area contributed by atoms with E-state index in [1.807, 2.05) is 36.4 Å². The normalized spacial score (nSPS) is 21.5. The molecular weight excluding hydrogens is 346 g/mol. The molecule has 0 aliphatic carbocycles. The minimum atomic E-state index is -0.914. The summed E-state index contributed by atoms with van der Waals surface area (Å²) in [5, 5.41) is 2.77. The van der Waals surface area contributed by atoms with Gasteiger partial charge in [0.15, 0.2) is 0 Å². The average molecular weight is 367 g/mol. The number of likely N-dealkylation sites (tertiary alicyclic amines) is 1. The molecule has 0 radical (unpaired) electrons. The Bertz CT molecular complexity index is 826. The number of nitrogens with zero attached hydrogens (tertiary/aromatic N) is 1. The number of rotatable bonds is 4. The molecule has 0 aromatic heterocycles. The molecule has 0 saturated carbocycles. The number of nitrogens with one attached hydrogen (secondary N) is 1. The first-order chi connectivity index (χ1) is 13.0. The molecule has 0 bridgehead atoms. The summed E-state index contributed by atoms with van der Waals surface area (Å²) in [7, 11) is 1.29. The van der Waals surface area contributed by atoms with E-state index in [1.165, 1.54) is 12.0 Å². The number of para-hydroxylation sites is 1. The van der Waals surface area contributed by atoms with Crippen molar-refractivity contribution in [2.24, 2.45) is 11.7 Å². The standard InChI is InChI=1S/C20H21N3O4/c1-27-19(25)15-12-16(18(21)24)23(17(15)13-8-4-2-5-9-13)20(26)22-14-10-6-3-7-11-14/h2-11,15-17H,12H2,1H3,(H2,21,24)(H,22,26). The highest BCUT2D eigenvalue weighted by molar-refractivity contribution is 5.95. The van der Waals surface area contributed by atoms with Gasteiger partial charge in [0.25, 0.3) is 0 Å². The van der Waals surface area contributed by atoms with Crippen molar-refractivity contribution >= 4 is 23.6 Å². The lowest BCUT2D eigenvalue weighted by molar-refractivity contribution is -0.146. The van der Waals surface area contributed by atoms with Crippen LogP contribution < -0.4 is 11.1 Å². The van der Waals surface area contributed by atoms with Gasteiger partial charge in [-0.05, 0) is 24.1 Å². The topological polar surface area (TPSA) is 102 Å². The summed E-state index contributed by atoms with van der Waals surface area (Å²) in [5.41, 5.74) is 6.87. The first kappa shape index (κ1) is 18.4. The SMILES string of the molecule is COC(=O)C1CC(C(N)=O)N(C(=O)Nc2ccccc2)C1c1ccccc1. The van der Waals surface area contributed by atoms with Gasteiger partial charge in [0.05, 0.1) is 19.1 Å². The van der Waals surface area contributed by atoms with E-state index in [4.69, 9.17) is 10.5 Å². The molecule has 2 aromatic rings. The molecule has 3 amide bonds. The van der Waals surface area contributed by atoms with Gasteiger partial charge >= 0.3 is 12.0 Å². The molecule has 1 aliphatic rings. The van der Waals surface area contributed by atoms with Crippen LogP contribution >= 0.6 is 0 Å². The third kappa shape index (κ3) is 3.76. The van der Waals surface area contributed by atoms with E-state index >= 15 is 0 Å². The maximum absolute atomic E-state index is 13.0. The molecule has 2 aromatic carbocycles. The number of carbonyl (C=O) groups excluding carboxylic acids is 3. The second kappa shape index (κ2) is 7.90. The van der Waals surface area contributed by atoms with Crippen molar-refractivity contribution in [2.75, 3.05) is 12.4 Å². The minimum absolute atomic E-state index is 0.115. The summed E-state index contributed by atoms with van der Waals surface area (Å²) in [4.78, 5) is 38.8. The highest BCUT2D eigenvalue weighted by Gasteiger charge is 2.50. The Morgan fingerprint density at radius 1 is 1.04 bits per heavy atom. The summed E-state index contributed by atoms with van der Waals surface area (Å²) in [6, 6.07) is 15.9. The van der Waals surface area contributed by atoms with Gasteiger partial charge in [-0.1, -0.05) is 48.5 Å². The number of anilines is 1. The van der Waals surface area contributed by atoms with Crippen LogP contribution in [0.3, 0.4) is 0 Å². The van der Waals surface area contributed by atoms with Crippen molar-refractivity contribution in [3.8, 4) is 0 Å². The van der Waals surface area contributed by atoms with Crippen LogP contribution in [-0.4, -0.2) is 36.0 Å². The fourth-order valence-corrected chi connectivity index (χ4v) is 3.52. The third-order valence-corrected chi connectivity index (χ3v) is 4.73. The van der Waals surface area contributed by atoms with Crippen molar-refractivity contribution in [1.29, 1.82) is 0 Å². The molecule has 140 valence electrons. The highest BCUT2D eigenvalue weighted by Crippen LogP contribution is 2.42. The quantitative estimate of drug-likeness (QED) is 0.810. The molecule has 7 heteroatoms. The molecule has 3 N–H and O–H groups in total. The van der Waals surface area contributed by atoms with Gasteiger partial charge in [-0.3, -0.25) is 9.59 Å². The van der Waals surface area contributed by atoms with Gasteiger partial charge in [-0.15, -0.1) is 0 Å². The van der Waals surface area contributed by atoms with E-state index in [1.54, 1.807) is 24.3 Å². The molecule has 1 aliphatic heterocycles. The van der Waals surface area contributed by atoms with Gasteiger partial charge in [0.2, 0.25) is 5.91 Å². The Labute approximate surface area is 157 Å². The van der Waals surface area contributed by atoms with Crippen LogP contribution in [0, 0.1) is 5.92 Å². The number of benzene rings is 2. The predicted octanol–water partition coefficient (Wildman–Crippen LogP) is 2.31. The number of methoxy groups -OCH3 is 1. The van der Waals surface area contributed by atoms with Crippen LogP contribution in [0.5, 0.6) is 0 Å². The number of carbonyl (C=O) groups is 3. The first-order valence-corrected chi connectivity index (χ1v) is 8.59. The van der Waals surface area contributed by atoms with Crippen molar-refractivity contribution < 1.29 is 19.1 Å². The number of ether oxygens (including phenoxy) is 1. The summed E-state index contributed by atoms with van der Waals surface area (Å²) < 4.78 is 4.91. The van der Waals surface area contributed by atoms with Crippen LogP contribution in [0.4, 0.5) is 10.5 Å². The van der Waals surface area contributed by atoms with Crippen molar-refractivity contribution in [2.45, 2.75) is 18.5 Å². The molecule has 1 saturated heterocycles. The van der Waals surface area contributed by atoms with Crippen molar-refractivity contribution in [3.05, 3.63) is 66.2 Å². The number of nitrogens with two attached hydrogens (primary N) is 1. The van der Waals surface area contributed by atoms with E-state index < -0.39 is 35.9 Å². The minimum Gasteiger partial charge on any atom is -0.469 e. The smallest absolute Gasteiger partial charge is 0.323 e. The van der Waals surface area contributed by atoms with Gasteiger partial charge in [-0.2, -0.15) is 0 Å². The second-order valence-corrected chi connectivity index (χ2v) is 6.34. The Morgan fingerprint density at radius 3 is 2.19 bits per heavy atom. The van der Waals surface area contributed by atoms with Crippen LogP contribution in [0.1, 0.15) is 18.0 Å². The fraction of sp³-hybridized carbons (Fsp3) is 0.250. The molecule has 7 nitrogen and oxygen atoms in total. The summed E-state index contributed by atoms with van der Waals surface area (Å²) in [6.07, 6.45) is 0.115. The number of amides is 3. The second-order valence-electron chi connectivity index (χ2n) is 6.34. The number of primary amides is 1. The molecule has 3 atom stereocenters. The largest absolute Gasteiger partial charge is 0.469 e. The van der Waals surface area contributed by atoms with E-state index in [-0.39, 0.29) is 6.42 Å². The lowest BCUT2D eigenvalue weighted by atomic mass is 9.93. The van der Waals surface area contributed by atoms with E-state index in [0.29, 0.717) is 5.69 Å². The molecule has 3 rings (SSSR count). The number of esters is 1. The molecule has 1 fully saturated rings. The first-order valence-electron chi connectivity index (χ1n) is 8.59. The van der Waals surface area contributed by atoms with E-state index in [2.05, 4.69) is 5.32 Å². The third-order valence-electron chi connectivity index (χ3n) is 4.73. The maximum Gasteiger partial charge on any atom is 0.323 e. The predicted molar refractivity (Wildman–Crippen MR) is 99.6 cm³/mol. The fourth-order valence-electron chi connectivity index (χ4n) is 3.52. The summed E-state index contributed by atoms with van der Waals surface area (Å²) >= 11 is 0. The molecule has 0 spiro atoms. The molecule has 1 heterocycles. The number of hydrogen-bond donors (Lipinski definition) is 2. The summed E-state index contributed by atoms with van der Waals surface area (Å²) in [5.74, 6) is -1.83. The van der Waals surface area contributed by atoms with Crippen LogP contribution in [-0.2, 0) is 14.3 Å². The zero-order valence-electron chi connectivity index (χ0n) is 14.9. The molecule has 27 heavy (non-hydrogen) atoms. The Balaban J connectivity index is 2.00. The van der Waals surface area contributed by atoms with Gasteiger partial charge in [0.1, 0.15) is 6.04 Å². The Morgan fingerprint density at radius 2 is 1.63 bits per heavy atom. The lowest BCUT2D eigenvalue weighted by Gasteiger charge is -2.30. The Hall–Kier alpha value is -3.35. The van der Waals surface area contributed by atoms with Crippen LogP contribution in [0.2, 0.25) is 0 Å². The Kier molecular flexibility index (Phi) is 5.40. The van der Waals surface area contributed by atoms with Crippen molar-refractivity contribution in [1.82, 2.24) is 4.90 Å². The zero-order valence-corrected chi connectivity index (χ0v) is 14.9. The highest BCUT2D eigenvalue weighted by atomic mass is 16.5. The summed E-state index contributed by atoms with van der Waals surface area (Å²) in [6.45, 7) is 0. The van der Waals surface area contributed by atoms with Crippen molar-refractivity contribution in [3.63, 3.8) is 0 Å². The maximum atomic E-state index is 13.0. The van der Waals surface area contributed by atoms with Gasteiger partial charge < -0.3 is 20.7 Å².